The van der Waals surface area contributed by atoms with Crippen molar-refractivity contribution in [3.05, 3.63) is 39.4 Å². The lowest BCUT2D eigenvalue weighted by Crippen LogP contribution is -2.13. The molecule has 0 aliphatic rings. The Morgan fingerprint density at radius 3 is 2.50 bits per heavy atom. The fraction of sp³-hybridized carbons (Fsp3) is 0.231. The monoisotopic (exact) mass is 291 g/mol. The van der Waals surface area contributed by atoms with Gasteiger partial charge in [-0.1, -0.05) is 4.49 Å². The number of hydrogen-bond acceptors (Lipinski definition) is 5. The highest BCUT2D eigenvalue weighted by atomic mass is 32.1. The summed E-state index contributed by atoms with van der Waals surface area (Å²) in [7, 11) is 0. The van der Waals surface area contributed by atoms with E-state index in [0.717, 1.165) is 17.1 Å². The van der Waals surface area contributed by atoms with Gasteiger partial charge in [-0.05, 0) is 55.6 Å². The summed E-state index contributed by atoms with van der Waals surface area (Å²) in [5.41, 5.74) is 2.67. The van der Waals surface area contributed by atoms with Crippen molar-refractivity contribution in [1.82, 2.24) is 9.59 Å². The lowest BCUT2D eigenvalue weighted by molar-refractivity contribution is 0.0695. The number of aryl methyl sites for hydroxylation is 2. The van der Waals surface area contributed by atoms with E-state index >= 15 is 0 Å². The second kappa shape index (κ2) is 5.38. The zero-order chi connectivity index (χ0) is 14.9. The lowest BCUT2D eigenvalue weighted by atomic mass is 10.0. The maximum Gasteiger partial charge on any atom is 0.336 e. The molecule has 0 radical (unpaired) electrons. The molecule has 1 heterocycles. The predicted octanol–water partition coefficient (Wildman–Crippen LogP) is 2.41. The molecule has 0 unspecified atom stereocenters. The van der Waals surface area contributed by atoms with Crippen molar-refractivity contribution in [2.75, 3.05) is 5.32 Å². The standard InChI is InChI=1S/C13H13N3O3S/c1-6-4-9(5-10(7(6)2)13(18)19)14-12(17)11-8(3)15-16-20-11/h4-5H,1-3H3,(H,14,17)(H,18,19). The molecule has 104 valence electrons. The zero-order valence-electron chi connectivity index (χ0n) is 11.2. The Balaban J connectivity index is 2.33. The fourth-order valence-electron chi connectivity index (χ4n) is 1.78. The van der Waals surface area contributed by atoms with E-state index in [1.165, 1.54) is 6.07 Å². The van der Waals surface area contributed by atoms with Crippen molar-refractivity contribution in [2.24, 2.45) is 0 Å². The van der Waals surface area contributed by atoms with E-state index in [1.807, 2.05) is 0 Å². The van der Waals surface area contributed by atoms with Crippen molar-refractivity contribution in [2.45, 2.75) is 20.8 Å². The van der Waals surface area contributed by atoms with Crippen LogP contribution in [-0.2, 0) is 0 Å². The van der Waals surface area contributed by atoms with Gasteiger partial charge in [-0.15, -0.1) is 5.10 Å². The summed E-state index contributed by atoms with van der Waals surface area (Å²) in [6.45, 7) is 5.24. The van der Waals surface area contributed by atoms with Gasteiger partial charge < -0.3 is 10.4 Å². The molecule has 0 spiro atoms. The molecule has 0 aliphatic carbocycles. The third-order valence-corrected chi connectivity index (χ3v) is 3.84. The van der Waals surface area contributed by atoms with Gasteiger partial charge in [0.2, 0.25) is 0 Å². The fourth-order valence-corrected chi connectivity index (χ4v) is 2.33. The van der Waals surface area contributed by atoms with Gasteiger partial charge in [0.1, 0.15) is 4.88 Å². The van der Waals surface area contributed by atoms with Crippen LogP contribution in [0.25, 0.3) is 0 Å². The maximum atomic E-state index is 12.0. The summed E-state index contributed by atoms with van der Waals surface area (Å²) in [5.74, 6) is -1.35. The molecule has 0 aliphatic heterocycles. The van der Waals surface area contributed by atoms with E-state index in [1.54, 1.807) is 26.8 Å². The number of benzene rings is 1. The molecule has 2 rings (SSSR count). The van der Waals surface area contributed by atoms with Crippen LogP contribution in [0.5, 0.6) is 0 Å². The predicted molar refractivity (Wildman–Crippen MR) is 75.5 cm³/mol. The molecule has 0 saturated carbocycles. The first-order chi connectivity index (χ1) is 9.40. The molecular weight excluding hydrogens is 278 g/mol. The molecule has 0 saturated heterocycles. The average Bonchev–Trinajstić information content (AvgIpc) is 2.79. The molecule has 0 atom stereocenters. The van der Waals surface area contributed by atoms with Crippen LogP contribution in [0.4, 0.5) is 5.69 Å². The number of aromatic carboxylic acids is 1. The molecule has 1 amide bonds. The second-order valence-corrected chi connectivity index (χ2v) is 5.17. The zero-order valence-corrected chi connectivity index (χ0v) is 12.0. The number of nitrogens with one attached hydrogen (secondary N) is 1. The van der Waals surface area contributed by atoms with Gasteiger partial charge >= 0.3 is 5.97 Å². The number of rotatable bonds is 3. The normalized spacial score (nSPS) is 10.3. The highest BCUT2D eigenvalue weighted by Gasteiger charge is 2.16. The first-order valence-corrected chi connectivity index (χ1v) is 6.62. The van der Waals surface area contributed by atoms with E-state index in [0.29, 0.717) is 21.8 Å². The van der Waals surface area contributed by atoms with Crippen LogP contribution < -0.4 is 5.32 Å². The van der Waals surface area contributed by atoms with Crippen LogP contribution >= 0.6 is 11.5 Å². The number of carboxylic acid groups (broad SMARTS) is 1. The van der Waals surface area contributed by atoms with Gasteiger partial charge in [0, 0.05) is 5.69 Å². The third kappa shape index (κ3) is 2.67. The van der Waals surface area contributed by atoms with Crippen molar-refractivity contribution in [1.29, 1.82) is 0 Å². The van der Waals surface area contributed by atoms with Crippen LogP contribution in [0.1, 0.15) is 36.9 Å². The molecule has 6 nitrogen and oxygen atoms in total. The van der Waals surface area contributed by atoms with Crippen LogP contribution in [-0.4, -0.2) is 26.6 Å². The van der Waals surface area contributed by atoms with Crippen molar-refractivity contribution < 1.29 is 14.7 Å². The van der Waals surface area contributed by atoms with Crippen molar-refractivity contribution in [3.63, 3.8) is 0 Å². The molecular formula is C13H13N3O3S. The molecule has 7 heteroatoms. The minimum Gasteiger partial charge on any atom is -0.478 e. The Morgan fingerprint density at radius 2 is 1.95 bits per heavy atom. The molecule has 0 fully saturated rings. The maximum absolute atomic E-state index is 12.0. The summed E-state index contributed by atoms with van der Waals surface area (Å²) in [5, 5.41) is 15.6. The molecule has 1 aromatic heterocycles. The van der Waals surface area contributed by atoms with Gasteiger partial charge in [-0.2, -0.15) is 0 Å². The van der Waals surface area contributed by atoms with E-state index < -0.39 is 5.97 Å². The quantitative estimate of drug-likeness (QED) is 0.906. The Kier molecular flexibility index (Phi) is 3.80. The van der Waals surface area contributed by atoms with Crippen LogP contribution in [0.2, 0.25) is 0 Å². The van der Waals surface area contributed by atoms with Crippen LogP contribution in [0, 0.1) is 20.8 Å². The summed E-state index contributed by atoms with van der Waals surface area (Å²) in [6.07, 6.45) is 0. The number of anilines is 1. The smallest absolute Gasteiger partial charge is 0.336 e. The molecule has 0 bridgehead atoms. The van der Waals surface area contributed by atoms with Crippen LogP contribution in [0.15, 0.2) is 12.1 Å². The second-order valence-electron chi connectivity index (χ2n) is 4.41. The number of amides is 1. The summed E-state index contributed by atoms with van der Waals surface area (Å²) in [4.78, 5) is 23.6. The molecule has 2 N–H and O–H groups in total. The Hall–Kier alpha value is -2.28. The van der Waals surface area contributed by atoms with Gasteiger partial charge in [-0.3, -0.25) is 4.79 Å². The largest absolute Gasteiger partial charge is 0.478 e. The Bertz CT molecular complexity index is 694. The minimum absolute atomic E-state index is 0.180. The number of hydrogen-bond donors (Lipinski definition) is 2. The topological polar surface area (TPSA) is 92.2 Å². The van der Waals surface area contributed by atoms with Gasteiger partial charge in [-0.25, -0.2) is 4.79 Å². The molecule has 20 heavy (non-hydrogen) atoms. The Labute approximate surface area is 119 Å². The highest BCUT2D eigenvalue weighted by Crippen LogP contribution is 2.21. The SMILES string of the molecule is Cc1cc(NC(=O)c2snnc2C)cc(C(=O)O)c1C. The summed E-state index contributed by atoms with van der Waals surface area (Å²) < 4.78 is 3.70. The van der Waals surface area contributed by atoms with Crippen molar-refractivity contribution in [3.8, 4) is 0 Å². The van der Waals surface area contributed by atoms with E-state index in [-0.39, 0.29) is 11.5 Å². The number of aromatic nitrogens is 2. The number of carboxylic acids is 1. The molecule has 2 aromatic rings. The van der Waals surface area contributed by atoms with Crippen LogP contribution in [0.3, 0.4) is 0 Å². The lowest BCUT2D eigenvalue weighted by Gasteiger charge is -2.10. The van der Waals surface area contributed by atoms with Gasteiger partial charge in [0.05, 0.1) is 11.3 Å². The Morgan fingerprint density at radius 1 is 1.25 bits per heavy atom. The van der Waals surface area contributed by atoms with E-state index in [9.17, 15) is 9.59 Å². The van der Waals surface area contributed by atoms with E-state index in [4.69, 9.17) is 5.11 Å². The summed E-state index contributed by atoms with van der Waals surface area (Å²) in [6, 6.07) is 3.19. The first kappa shape index (κ1) is 14.1. The third-order valence-electron chi connectivity index (χ3n) is 3.01. The van der Waals surface area contributed by atoms with Gasteiger partial charge in [0.15, 0.2) is 0 Å². The first-order valence-electron chi connectivity index (χ1n) is 5.85. The summed E-state index contributed by atoms with van der Waals surface area (Å²) >= 11 is 1.01. The van der Waals surface area contributed by atoms with Crippen molar-refractivity contribution >= 4 is 29.1 Å². The number of carbonyl (C=O) groups excluding carboxylic acids is 1. The minimum atomic E-state index is -1.02. The van der Waals surface area contributed by atoms with E-state index in [2.05, 4.69) is 14.9 Å². The molecule has 1 aromatic carbocycles. The average molecular weight is 291 g/mol. The number of nitrogens with zero attached hydrogens (tertiary/aromatic N) is 2. The number of carbonyl (C=O) groups is 2. The highest BCUT2D eigenvalue weighted by molar-refractivity contribution is 7.08. The van der Waals surface area contributed by atoms with Gasteiger partial charge in [0.25, 0.3) is 5.91 Å².